The van der Waals surface area contributed by atoms with Crippen LogP contribution in [-0.2, 0) is 11.2 Å². The topological polar surface area (TPSA) is 103 Å². The fraction of sp³-hybridized carbons (Fsp3) is 0.167. The SMILES string of the molecule is O=C(O)Cc1n[nH]c(=O)cc1O. The molecular formula is C6H6N2O4. The van der Waals surface area contributed by atoms with Crippen LogP contribution in [-0.4, -0.2) is 26.4 Å². The molecule has 0 atom stereocenters. The van der Waals surface area contributed by atoms with E-state index in [2.05, 4.69) is 5.10 Å². The van der Waals surface area contributed by atoms with Gasteiger partial charge < -0.3 is 10.2 Å². The Kier molecular flexibility index (Phi) is 2.09. The number of aromatic hydroxyl groups is 1. The summed E-state index contributed by atoms with van der Waals surface area (Å²) in [4.78, 5) is 20.7. The van der Waals surface area contributed by atoms with Crippen molar-refractivity contribution >= 4 is 5.97 Å². The van der Waals surface area contributed by atoms with E-state index in [0.29, 0.717) is 0 Å². The number of nitrogens with zero attached hydrogens (tertiary/aromatic N) is 1. The number of H-pyrrole nitrogens is 1. The molecule has 0 radical (unpaired) electrons. The Morgan fingerprint density at radius 3 is 2.83 bits per heavy atom. The molecule has 0 fully saturated rings. The van der Waals surface area contributed by atoms with Gasteiger partial charge in [0, 0.05) is 6.07 Å². The quantitative estimate of drug-likeness (QED) is 0.533. The minimum atomic E-state index is -1.12. The molecule has 0 saturated carbocycles. The van der Waals surface area contributed by atoms with E-state index >= 15 is 0 Å². The summed E-state index contributed by atoms with van der Waals surface area (Å²) in [6.07, 6.45) is -0.414. The first-order valence-electron chi connectivity index (χ1n) is 3.09. The van der Waals surface area contributed by atoms with Crippen molar-refractivity contribution in [2.75, 3.05) is 0 Å². The molecule has 0 aromatic carbocycles. The number of carbonyl (C=O) groups is 1. The number of aromatic nitrogens is 2. The maximum absolute atomic E-state index is 10.5. The van der Waals surface area contributed by atoms with Crippen molar-refractivity contribution in [3.63, 3.8) is 0 Å². The summed E-state index contributed by atoms with van der Waals surface area (Å²) < 4.78 is 0. The van der Waals surface area contributed by atoms with Crippen LogP contribution < -0.4 is 5.56 Å². The third-order valence-corrected chi connectivity index (χ3v) is 1.18. The molecule has 1 heterocycles. The van der Waals surface area contributed by atoms with Gasteiger partial charge in [0.25, 0.3) is 5.56 Å². The van der Waals surface area contributed by atoms with Gasteiger partial charge in [-0.3, -0.25) is 9.59 Å². The Morgan fingerprint density at radius 2 is 2.33 bits per heavy atom. The van der Waals surface area contributed by atoms with Crippen molar-refractivity contribution in [2.45, 2.75) is 6.42 Å². The average molecular weight is 170 g/mol. The number of carboxylic acids is 1. The van der Waals surface area contributed by atoms with Gasteiger partial charge in [-0.2, -0.15) is 5.10 Å². The number of carboxylic acid groups (broad SMARTS) is 1. The monoisotopic (exact) mass is 170 g/mol. The van der Waals surface area contributed by atoms with E-state index in [1.54, 1.807) is 0 Å². The molecule has 0 spiro atoms. The summed E-state index contributed by atoms with van der Waals surface area (Å²) in [5, 5.41) is 22.7. The predicted octanol–water partition coefficient (Wildman–Crippen LogP) is -0.897. The van der Waals surface area contributed by atoms with Crippen LogP contribution in [0.3, 0.4) is 0 Å². The fourth-order valence-electron chi connectivity index (χ4n) is 0.693. The molecule has 0 unspecified atom stereocenters. The van der Waals surface area contributed by atoms with Gasteiger partial charge in [0.2, 0.25) is 0 Å². The molecule has 1 aromatic rings. The number of rotatable bonds is 2. The second kappa shape index (κ2) is 3.04. The Balaban J connectivity index is 3.01. The molecule has 0 aliphatic rings. The van der Waals surface area contributed by atoms with Crippen LogP contribution in [0.4, 0.5) is 0 Å². The van der Waals surface area contributed by atoms with Crippen molar-refractivity contribution < 1.29 is 15.0 Å². The highest BCUT2D eigenvalue weighted by molar-refractivity contribution is 5.70. The first-order chi connectivity index (χ1) is 5.59. The summed E-state index contributed by atoms with van der Waals surface area (Å²) in [5.74, 6) is -1.52. The molecular weight excluding hydrogens is 164 g/mol. The maximum atomic E-state index is 10.5. The Bertz CT molecular complexity index is 357. The molecule has 6 heteroatoms. The summed E-state index contributed by atoms with van der Waals surface area (Å²) in [6.45, 7) is 0. The third-order valence-electron chi connectivity index (χ3n) is 1.18. The highest BCUT2D eigenvalue weighted by Crippen LogP contribution is 2.09. The lowest BCUT2D eigenvalue weighted by Gasteiger charge is -1.96. The van der Waals surface area contributed by atoms with Crippen molar-refractivity contribution in [2.24, 2.45) is 0 Å². The van der Waals surface area contributed by atoms with Crippen LogP contribution >= 0.6 is 0 Å². The predicted molar refractivity (Wildman–Crippen MR) is 37.9 cm³/mol. The summed E-state index contributed by atoms with van der Waals surface area (Å²) in [7, 11) is 0. The lowest BCUT2D eigenvalue weighted by Crippen LogP contribution is -2.11. The highest BCUT2D eigenvalue weighted by Gasteiger charge is 2.07. The van der Waals surface area contributed by atoms with E-state index in [0.717, 1.165) is 6.07 Å². The standard InChI is InChI=1S/C6H6N2O4/c9-4-2-5(10)8-7-3(4)1-6(11)12/h2H,1H2,(H,11,12)(H2,8,9,10). The summed E-state index contributed by atoms with van der Waals surface area (Å²) in [6, 6.07) is 0.880. The molecule has 0 amide bonds. The minimum Gasteiger partial charge on any atom is -0.506 e. The van der Waals surface area contributed by atoms with E-state index in [9.17, 15) is 9.59 Å². The van der Waals surface area contributed by atoms with E-state index in [-0.39, 0.29) is 5.69 Å². The second-order valence-electron chi connectivity index (χ2n) is 2.13. The van der Waals surface area contributed by atoms with Crippen molar-refractivity contribution in [1.82, 2.24) is 10.2 Å². The van der Waals surface area contributed by atoms with Gasteiger partial charge >= 0.3 is 5.97 Å². The maximum Gasteiger partial charge on any atom is 0.309 e. The number of aliphatic carboxylic acids is 1. The molecule has 0 bridgehead atoms. The van der Waals surface area contributed by atoms with Crippen LogP contribution in [0, 0.1) is 0 Å². The van der Waals surface area contributed by atoms with E-state index in [4.69, 9.17) is 10.2 Å². The number of nitrogens with one attached hydrogen (secondary N) is 1. The van der Waals surface area contributed by atoms with Gasteiger partial charge in [-0.05, 0) is 0 Å². The molecule has 6 nitrogen and oxygen atoms in total. The van der Waals surface area contributed by atoms with Gasteiger partial charge in [0.05, 0.1) is 6.42 Å². The molecule has 12 heavy (non-hydrogen) atoms. The Morgan fingerprint density at radius 1 is 1.67 bits per heavy atom. The zero-order valence-corrected chi connectivity index (χ0v) is 5.94. The van der Waals surface area contributed by atoms with Gasteiger partial charge in [0.15, 0.2) is 0 Å². The Hall–Kier alpha value is -1.85. The van der Waals surface area contributed by atoms with E-state index in [1.807, 2.05) is 5.10 Å². The molecule has 64 valence electrons. The summed E-state index contributed by atoms with van der Waals surface area (Å²) in [5.41, 5.74) is -0.622. The largest absolute Gasteiger partial charge is 0.506 e. The van der Waals surface area contributed by atoms with E-state index in [1.165, 1.54) is 0 Å². The number of aromatic amines is 1. The minimum absolute atomic E-state index is 0.0536. The lowest BCUT2D eigenvalue weighted by atomic mass is 10.3. The van der Waals surface area contributed by atoms with Crippen LogP contribution in [0.2, 0.25) is 0 Å². The summed E-state index contributed by atoms with van der Waals surface area (Å²) >= 11 is 0. The van der Waals surface area contributed by atoms with E-state index < -0.39 is 23.7 Å². The molecule has 0 aliphatic carbocycles. The van der Waals surface area contributed by atoms with Crippen LogP contribution in [0.1, 0.15) is 5.69 Å². The Labute approximate surface area is 66.5 Å². The molecule has 1 aromatic heterocycles. The molecule has 0 aliphatic heterocycles. The van der Waals surface area contributed by atoms with Crippen molar-refractivity contribution in [3.05, 3.63) is 22.1 Å². The number of hydrogen-bond donors (Lipinski definition) is 3. The first-order valence-corrected chi connectivity index (χ1v) is 3.09. The van der Waals surface area contributed by atoms with Crippen LogP contribution in [0.5, 0.6) is 5.75 Å². The zero-order chi connectivity index (χ0) is 9.14. The number of hydrogen-bond acceptors (Lipinski definition) is 4. The van der Waals surface area contributed by atoms with Gasteiger partial charge in [-0.1, -0.05) is 0 Å². The van der Waals surface area contributed by atoms with Crippen molar-refractivity contribution in [1.29, 1.82) is 0 Å². The van der Waals surface area contributed by atoms with Crippen molar-refractivity contribution in [3.8, 4) is 5.75 Å². The lowest BCUT2D eigenvalue weighted by molar-refractivity contribution is -0.136. The zero-order valence-electron chi connectivity index (χ0n) is 5.94. The molecule has 0 saturated heterocycles. The van der Waals surface area contributed by atoms with Crippen LogP contribution in [0.25, 0.3) is 0 Å². The molecule has 3 N–H and O–H groups in total. The molecule has 1 rings (SSSR count). The first kappa shape index (κ1) is 8.25. The van der Waals surface area contributed by atoms with Gasteiger partial charge in [0.1, 0.15) is 11.4 Å². The average Bonchev–Trinajstić information content (AvgIpc) is 1.94. The van der Waals surface area contributed by atoms with Gasteiger partial charge in [-0.15, -0.1) is 0 Å². The third kappa shape index (κ3) is 1.82. The highest BCUT2D eigenvalue weighted by atomic mass is 16.4. The normalized spacial score (nSPS) is 9.67. The van der Waals surface area contributed by atoms with Crippen LogP contribution in [0.15, 0.2) is 10.9 Å². The second-order valence-corrected chi connectivity index (χ2v) is 2.13. The van der Waals surface area contributed by atoms with Gasteiger partial charge in [-0.25, -0.2) is 5.10 Å². The fourth-order valence-corrected chi connectivity index (χ4v) is 0.693. The smallest absolute Gasteiger partial charge is 0.309 e.